The smallest absolute Gasteiger partial charge is 0.308 e. The molecular weight excluding hydrogens is 529 g/mol. The van der Waals surface area contributed by atoms with Crippen molar-refractivity contribution in [3.05, 3.63) is 23.5 Å². The Labute approximate surface area is 231 Å². The van der Waals surface area contributed by atoms with E-state index in [-0.39, 0.29) is 65.6 Å². The van der Waals surface area contributed by atoms with Gasteiger partial charge in [0, 0.05) is 31.0 Å². The van der Waals surface area contributed by atoms with Crippen LogP contribution in [-0.2, 0) is 14.3 Å². The fourth-order valence-corrected chi connectivity index (χ4v) is 6.99. The maximum atomic E-state index is 14.9. The fraction of sp³-hybridized carbons (Fsp3) is 0.690. The van der Waals surface area contributed by atoms with Crippen molar-refractivity contribution in [3.8, 4) is 11.5 Å². The summed E-state index contributed by atoms with van der Waals surface area (Å²) in [5.74, 6) is -5.02. The zero-order valence-corrected chi connectivity index (χ0v) is 22.9. The summed E-state index contributed by atoms with van der Waals surface area (Å²) >= 11 is 0. The van der Waals surface area contributed by atoms with Gasteiger partial charge < -0.3 is 24.8 Å². The SMILES string of the molecule is CCOC(=O)C1CCC(Oc2cc(C(=O)N[C@@H]3[C@H]4CC[C@H](C4)[C@@H]3C(=O)NC3CC(F)(F)C3)c(OC)cc2F)CC1. The minimum Gasteiger partial charge on any atom is -0.496 e. The molecule has 4 fully saturated rings. The van der Waals surface area contributed by atoms with Crippen LogP contribution in [-0.4, -0.2) is 55.6 Å². The fourth-order valence-electron chi connectivity index (χ4n) is 6.99. The minimum atomic E-state index is -2.74. The number of nitrogens with one attached hydrogen (secondary N) is 2. The van der Waals surface area contributed by atoms with E-state index in [1.54, 1.807) is 6.92 Å². The van der Waals surface area contributed by atoms with Gasteiger partial charge in [-0.05, 0) is 69.8 Å². The summed E-state index contributed by atoms with van der Waals surface area (Å²) in [6.45, 7) is 2.09. The number of alkyl halides is 2. The average Bonchev–Trinajstić information content (AvgIpc) is 3.51. The molecule has 0 radical (unpaired) electrons. The average molecular weight is 567 g/mol. The van der Waals surface area contributed by atoms with Gasteiger partial charge in [-0.2, -0.15) is 0 Å². The normalized spacial score (nSPS) is 30.7. The summed E-state index contributed by atoms with van der Waals surface area (Å²) in [6, 6.07) is 1.42. The van der Waals surface area contributed by atoms with E-state index in [9.17, 15) is 27.6 Å². The Morgan fingerprint density at radius 2 is 1.68 bits per heavy atom. The van der Waals surface area contributed by atoms with E-state index < -0.39 is 35.6 Å². The lowest BCUT2D eigenvalue weighted by atomic mass is 9.82. The lowest BCUT2D eigenvalue weighted by Crippen LogP contribution is -2.56. The molecule has 2 bridgehead atoms. The Balaban J connectivity index is 1.26. The molecule has 0 spiro atoms. The molecule has 0 saturated heterocycles. The summed E-state index contributed by atoms with van der Waals surface area (Å²) in [7, 11) is 1.34. The summed E-state index contributed by atoms with van der Waals surface area (Å²) in [6.07, 6.45) is 3.69. The lowest BCUT2D eigenvalue weighted by molar-refractivity contribution is -0.149. The second kappa shape index (κ2) is 11.5. The third-order valence-electron chi connectivity index (χ3n) is 9.04. The number of fused-ring (bicyclic) bond motifs is 2. The van der Waals surface area contributed by atoms with E-state index in [1.165, 1.54) is 13.2 Å². The van der Waals surface area contributed by atoms with Gasteiger partial charge in [-0.25, -0.2) is 13.2 Å². The van der Waals surface area contributed by atoms with Gasteiger partial charge in [0.25, 0.3) is 11.8 Å². The molecule has 4 atom stereocenters. The number of methoxy groups -OCH3 is 1. The van der Waals surface area contributed by atoms with E-state index in [2.05, 4.69) is 10.6 Å². The zero-order valence-electron chi connectivity index (χ0n) is 22.9. The molecule has 2 N–H and O–H groups in total. The second-order valence-electron chi connectivity index (χ2n) is 11.7. The molecule has 4 saturated carbocycles. The number of benzene rings is 1. The number of carbonyl (C=O) groups is 3. The molecule has 4 aliphatic carbocycles. The molecule has 0 unspecified atom stereocenters. The predicted molar refractivity (Wildman–Crippen MR) is 138 cm³/mol. The highest BCUT2D eigenvalue weighted by atomic mass is 19.3. The quantitative estimate of drug-likeness (QED) is 0.430. The maximum absolute atomic E-state index is 14.9. The molecule has 8 nitrogen and oxygen atoms in total. The van der Waals surface area contributed by atoms with Gasteiger partial charge >= 0.3 is 5.97 Å². The van der Waals surface area contributed by atoms with E-state index in [4.69, 9.17) is 14.2 Å². The molecule has 1 aromatic rings. The monoisotopic (exact) mass is 566 g/mol. The molecule has 5 rings (SSSR count). The highest BCUT2D eigenvalue weighted by Gasteiger charge is 2.53. The first-order valence-corrected chi connectivity index (χ1v) is 14.3. The van der Waals surface area contributed by atoms with Crippen molar-refractivity contribution in [2.24, 2.45) is 23.7 Å². The Kier molecular flexibility index (Phi) is 8.20. The van der Waals surface area contributed by atoms with Crippen LogP contribution in [0.5, 0.6) is 11.5 Å². The van der Waals surface area contributed by atoms with E-state index in [0.717, 1.165) is 25.3 Å². The van der Waals surface area contributed by atoms with Crippen LogP contribution in [0, 0.1) is 29.5 Å². The van der Waals surface area contributed by atoms with Crippen LogP contribution < -0.4 is 20.1 Å². The number of carbonyl (C=O) groups excluding carboxylic acids is 3. The van der Waals surface area contributed by atoms with E-state index in [0.29, 0.717) is 32.3 Å². The predicted octanol–water partition coefficient (Wildman–Crippen LogP) is 4.39. The van der Waals surface area contributed by atoms with Crippen molar-refractivity contribution < 1.29 is 41.8 Å². The van der Waals surface area contributed by atoms with Crippen LogP contribution >= 0.6 is 0 Å². The lowest BCUT2D eigenvalue weighted by Gasteiger charge is -2.38. The Hall–Kier alpha value is -2.98. The van der Waals surface area contributed by atoms with Crippen molar-refractivity contribution in [2.75, 3.05) is 13.7 Å². The van der Waals surface area contributed by atoms with Crippen molar-refractivity contribution in [1.82, 2.24) is 10.6 Å². The number of amides is 2. The maximum Gasteiger partial charge on any atom is 0.308 e. The first-order chi connectivity index (χ1) is 19.1. The van der Waals surface area contributed by atoms with Gasteiger partial charge in [0.05, 0.1) is 37.2 Å². The first-order valence-electron chi connectivity index (χ1n) is 14.3. The minimum absolute atomic E-state index is 0.0363. The molecule has 1 aromatic carbocycles. The van der Waals surface area contributed by atoms with Gasteiger partial charge in [0.15, 0.2) is 11.6 Å². The summed E-state index contributed by atoms with van der Waals surface area (Å²) in [5.41, 5.74) is 0.0830. The standard InChI is InChI=1S/C29H37F3N2O6/c1-3-39-28(37)15-6-8-19(9-7-15)40-23-11-20(22(38-2)12-21(23)30)26(35)34-25-17-5-4-16(10-17)24(25)27(36)33-18-13-29(31,32)14-18/h11-12,15-19,24-25H,3-10,13-14H2,1-2H3,(H,33,36)(H,34,35)/t15?,16-,17+,19?,24+,25-/m1/s1. The Morgan fingerprint density at radius 3 is 2.33 bits per heavy atom. The van der Waals surface area contributed by atoms with Gasteiger partial charge in [0.1, 0.15) is 5.75 Å². The van der Waals surface area contributed by atoms with Crippen LogP contribution in [0.3, 0.4) is 0 Å². The van der Waals surface area contributed by atoms with Crippen molar-refractivity contribution in [2.45, 2.75) is 88.8 Å². The largest absolute Gasteiger partial charge is 0.496 e. The van der Waals surface area contributed by atoms with Crippen molar-refractivity contribution in [1.29, 1.82) is 0 Å². The highest BCUT2D eigenvalue weighted by Crippen LogP contribution is 2.49. The summed E-state index contributed by atoms with van der Waals surface area (Å²) in [4.78, 5) is 38.6. The zero-order chi connectivity index (χ0) is 28.6. The molecular formula is C29H37F3N2O6. The van der Waals surface area contributed by atoms with Gasteiger partial charge in [-0.15, -0.1) is 0 Å². The van der Waals surface area contributed by atoms with Crippen LogP contribution in [0.4, 0.5) is 13.2 Å². The van der Waals surface area contributed by atoms with Crippen molar-refractivity contribution in [3.63, 3.8) is 0 Å². The van der Waals surface area contributed by atoms with Crippen LogP contribution in [0.15, 0.2) is 12.1 Å². The number of halogens is 3. The molecule has 0 aliphatic heterocycles. The van der Waals surface area contributed by atoms with Crippen LogP contribution in [0.1, 0.15) is 75.1 Å². The second-order valence-corrected chi connectivity index (χ2v) is 11.7. The molecule has 0 aromatic heterocycles. The van der Waals surface area contributed by atoms with E-state index in [1.807, 2.05) is 0 Å². The van der Waals surface area contributed by atoms with Gasteiger partial charge in [-0.1, -0.05) is 0 Å². The van der Waals surface area contributed by atoms with Crippen LogP contribution in [0.2, 0.25) is 0 Å². The third kappa shape index (κ3) is 5.88. The number of ether oxygens (including phenoxy) is 3. The molecule has 220 valence electrons. The molecule has 0 heterocycles. The highest BCUT2D eigenvalue weighted by molar-refractivity contribution is 5.98. The molecule has 40 heavy (non-hydrogen) atoms. The summed E-state index contributed by atoms with van der Waals surface area (Å²) in [5, 5.41) is 5.73. The van der Waals surface area contributed by atoms with Gasteiger partial charge in [0.2, 0.25) is 5.91 Å². The molecule has 4 aliphatic rings. The number of esters is 1. The van der Waals surface area contributed by atoms with Gasteiger partial charge in [-0.3, -0.25) is 14.4 Å². The number of hydrogen-bond acceptors (Lipinski definition) is 6. The Morgan fingerprint density at radius 1 is 0.975 bits per heavy atom. The number of rotatable bonds is 9. The number of hydrogen-bond donors (Lipinski definition) is 2. The summed E-state index contributed by atoms with van der Waals surface area (Å²) < 4.78 is 57.8. The van der Waals surface area contributed by atoms with Crippen molar-refractivity contribution >= 4 is 17.8 Å². The topological polar surface area (TPSA) is 103 Å². The van der Waals surface area contributed by atoms with Crippen LogP contribution in [0.25, 0.3) is 0 Å². The molecule has 2 amide bonds. The van der Waals surface area contributed by atoms with E-state index >= 15 is 0 Å². The Bertz CT molecular complexity index is 1130. The first kappa shape index (κ1) is 28.5. The molecule has 11 heteroatoms. The third-order valence-corrected chi connectivity index (χ3v) is 9.04.